The highest BCUT2D eigenvalue weighted by molar-refractivity contribution is 7.98. The monoisotopic (exact) mass is 486 g/mol. The number of benzene rings is 2. The smallest absolute Gasteiger partial charge is 0.240 e. The average molecular weight is 487 g/mol. The molecule has 0 bridgehead atoms. The molecular weight excluding hydrogens is 460 g/mol. The molecule has 1 fully saturated rings. The van der Waals surface area contributed by atoms with E-state index in [9.17, 15) is 8.42 Å². The number of hydrogen-bond acceptors (Lipinski definition) is 9. The Kier molecular flexibility index (Phi) is 7.33. The van der Waals surface area contributed by atoms with Crippen molar-refractivity contribution in [1.29, 1.82) is 0 Å². The van der Waals surface area contributed by atoms with Crippen LogP contribution in [0.4, 0.5) is 28.7 Å². The van der Waals surface area contributed by atoms with E-state index in [4.69, 9.17) is 4.74 Å². The molecule has 0 spiro atoms. The lowest BCUT2D eigenvalue weighted by molar-refractivity contribution is 0.122. The maximum atomic E-state index is 12.2. The first-order valence-corrected chi connectivity index (χ1v) is 13.1. The molecule has 1 saturated heterocycles. The summed E-state index contributed by atoms with van der Waals surface area (Å²) in [6.45, 7) is 3.28. The van der Waals surface area contributed by atoms with Gasteiger partial charge in [-0.3, -0.25) is 0 Å². The van der Waals surface area contributed by atoms with Crippen molar-refractivity contribution in [2.45, 2.75) is 9.79 Å². The fourth-order valence-electron chi connectivity index (χ4n) is 3.43. The summed E-state index contributed by atoms with van der Waals surface area (Å²) in [5.41, 5.74) is 2.72. The van der Waals surface area contributed by atoms with Crippen molar-refractivity contribution >= 4 is 50.5 Å². The minimum Gasteiger partial charge on any atom is -0.378 e. The van der Waals surface area contributed by atoms with Crippen molar-refractivity contribution in [3.8, 4) is 0 Å². The minimum absolute atomic E-state index is 0.179. The molecule has 4 rings (SSSR count). The van der Waals surface area contributed by atoms with Crippen LogP contribution in [-0.4, -0.2) is 58.0 Å². The highest BCUT2D eigenvalue weighted by atomic mass is 32.2. The van der Waals surface area contributed by atoms with Crippen LogP contribution in [0.2, 0.25) is 0 Å². The molecule has 0 radical (unpaired) electrons. The summed E-state index contributed by atoms with van der Waals surface area (Å²) in [6, 6.07) is 14.9. The summed E-state index contributed by atoms with van der Waals surface area (Å²) in [6.07, 6.45) is 3.39. The number of aromatic nitrogens is 2. The van der Waals surface area contributed by atoms with Crippen LogP contribution in [0.3, 0.4) is 0 Å². The van der Waals surface area contributed by atoms with Gasteiger partial charge in [0.15, 0.2) is 0 Å². The molecule has 2 heterocycles. The second kappa shape index (κ2) is 10.4. The molecule has 3 aromatic rings. The van der Waals surface area contributed by atoms with E-state index in [1.165, 1.54) is 25.1 Å². The molecule has 1 aromatic heterocycles. The number of anilines is 5. The van der Waals surface area contributed by atoms with Gasteiger partial charge in [-0.2, -0.15) is 0 Å². The van der Waals surface area contributed by atoms with Gasteiger partial charge in [0.05, 0.1) is 23.8 Å². The van der Waals surface area contributed by atoms with Gasteiger partial charge in [-0.05, 0) is 55.8 Å². The number of morpholine rings is 1. The maximum absolute atomic E-state index is 12.2. The standard InChI is InChI=1S/C22H26N6O3S2/c1-23-33(29,30)18-7-8-20(32-2)19(13-18)27-22-14-21(24-15-25-22)26-16-3-5-17(6-4-16)28-9-11-31-12-10-28/h3-8,13-15,23H,9-12H2,1-2H3,(H2,24,25,26,27). The first kappa shape index (κ1) is 23.3. The number of sulfonamides is 1. The summed E-state index contributed by atoms with van der Waals surface area (Å²) >= 11 is 1.51. The summed E-state index contributed by atoms with van der Waals surface area (Å²) in [5.74, 6) is 1.17. The molecule has 0 unspecified atom stereocenters. The Hall–Kier alpha value is -2.86. The zero-order valence-electron chi connectivity index (χ0n) is 18.4. The minimum atomic E-state index is -3.55. The molecule has 11 heteroatoms. The van der Waals surface area contributed by atoms with Crippen LogP contribution >= 0.6 is 11.8 Å². The third-order valence-electron chi connectivity index (χ3n) is 5.20. The third-order valence-corrected chi connectivity index (χ3v) is 7.40. The van der Waals surface area contributed by atoms with E-state index in [0.29, 0.717) is 17.3 Å². The van der Waals surface area contributed by atoms with Crippen LogP contribution in [0.5, 0.6) is 0 Å². The molecule has 0 atom stereocenters. The number of nitrogens with zero attached hydrogens (tertiary/aromatic N) is 3. The molecule has 0 amide bonds. The zero-order valence-corrected chi connectivity index (χ0v) is 20.0. The Bertz CT molecular complexity index is 1200. The highest BCUT2D eigenvalue weighted by Gasteiger charge is 2.15. The Labute approximate surface area is 198 Å². The summed E-state index contributed by atoms with van der Waals surface area (Å²) in [4.78, 5) is 12.0. The van der Waals surface area contributed by atoms with Gasteiger partial charge in [0, 0.05) is 35.4 Å². The Balaban J connectivity index is 1.50. The normalized spacial score (nSPS) is 14.2. The average Bonchev–Trinajstić information content (AvgIpc) is 2.85. The van der Waals surface area contributed by atoms with E-state index >= 15 is 0 Å². The summed E-state index contributed by atoms with van der Waals surface area (Å²) in [5, 5.41) is 6.50. The fourth-order valence-corrected chi connectivity index (χ4v) is 4.72. The Morgan fingerprint density at radius 2 is 1.67 bits per heavy atom. The van der Waals surface area contributed by atoms with Gasteiger partial charge in [-0.15, -0.1) is 11.8 Å². The second-order valence-corrected chi connectivity index (χ2v) is 9.99. The second-order valence-electron chi connectivity index (χ2n) is 7.25. The maximum Gasteiger partial charge on any atom is 0.240 e. The Morgan fingerprint density at radius 3 is 2.33 bits per heavy atom. The predicted molar refractivity (Wildman–Crippen MR) is 133 cm³/mol. The van der Waals surface area contributed by atoms with Crippen molar-refractivity contribution in [2.24, 2.45) is 0 Å². The fraction of sp³-hybridized carbons (Fsp3) is 0.273. The molecule has 0 aliphatic carbocycles. The van der Waals surface area contributed by atoms with Crippen LogP contribution in [0.1, 0.15) is 0 Å². The van der Waals surface area contributed by atoms with Crippen molar-refractivity contribution in [3.63, 3.8) is 0 Å². The summed E-state index contributed by atoms with van der Waals surface area (Å²) < 4.78 is 32.1. The molecule has 1 aliphatic rings. The van der Waals surface area contributed by atoms with Gasteiger partial charge in [0.2, 0.25) is 10.0 Å². The van der Waals surface area contributed by atoms with Crippen molar-refractivity contribution < 1.29 is 13.2 Å². The van der Waals surface area contributed by atoms with E-state index in [0.717, 1.165) is 42.6 Å². The number of thioether (sulfide) groups is 1. The predicted octanol–water partition coefficient (Wildman–Crippen LogP) is 3.43. The van der Waals surface area contributed by atoms with Gasteiger partial charge in [-0.25, -0.2) is 23.1 Å². The van der Waals surface area contributed by atoms with E-state index < -0.39 is 10.0 Å². The molecule has 1 aliphatic heterocycles. The number of hydrogen-bond donors (Lipinski definition) is 3. The van der Waals surface area contributed by atoms with Crippen molar-refractivity contribution in [2.75, 3.05) is 55.1 Å². The molecule has 174 valence electrons. The molecule has 3 N–H and O–H groups in total. The van der Waals surface area contributed by atoms with Crippen molar-refractivity contribution in [1.82, 2.24) is 14.7 Å². The lowest BCUT2D eigenvalue weighted by Gasteiger charge is -2.28. The molecular formula is C22H26N6O3S2. The van der Waals surface area contributed by atoms with Crippen LogP contribution in [0.25, 0.3) is 0 Å². The summed E-state index contributed by atoms with van der Waals surface area (Å²) in [7, 11) is -2.16. The molecule has 33 heavy (non-hydrogen) atoms. The molecule has 9 nitrogen and oxygen atoms in total. The number of ether oxygens (including phenoxy) is 1. The third kappa shape index (κ3) is 5.74. The van der Waals surface area contributed by atoms with Gasteiger partial charge in [0.25, 0.3) is 0 Å². The van der Waals surface area contributed by atoms with Gasteiger partial charge < -0.3 is 20.3 Å². The first-order chi connectivity index (χ1) is 16.0. The zero-order chi connectivity index (χ0) is 23.3. The number of nitrogens with one attached hydrogen (secondary N) is 3. The van der Waals surface area contributed by atoms with Crippen LogP contribution in [0, 0.1) is 0 Å². The highest BCUT2D eigenvalue weighted by Crippen LogP contribution is 2.31. The largest absolute Gasteiger partial charge is 0.378 e. The Morgan fingerprint density at radius 1 is 0.970 bits per heavy atom. The van der Waals surface area contributed by atoms with E-state index in [2.05, 4.69) is 42.4 Å². The van der Waals surface area contributed by atoms with Gasteiger partial charge in [-0.1, -0.05) is 0 Å². The molecule has 2 aromatic carbocycles. The number of rotatable bonds is 8. The van der Waals surface area contributed by atoms with Crippen LogP contribution in [-0.2, 0) is 14.8 Å². The lowest BCUT2D eigenvalue weighted by atomic mass is 10.2. The van der Waals surface area contributed by atoms with Crippen LogP contribution in [0.15, 0.2) is 64.6 Å². The molecule has 0 saturated carbocycles. The topological polar surface area (TPSA) is 108 Å². The lowest BCUT2D eigenvalue weighted by Crippen LogP contribution is -2.36. The van der Waals surface area contributed by atoms with Gasteiger partial charge >= 0.3 is 0 Å². The van der Waals surface area contributed by atoms with E-state index in [-0.39, 0.29) is 4.90 Å². The quantitative estimate of drug-likeness (QED) is 0.413. The van der Waals surface area contributed by atoms with E-state index in [1.807, 2.05) is 18.4 Å². The van der Waals surface area contributed by atoms with Crippen LogP contribution < -0.4 is 20.3 Å². The first-order valence-electron chi connectivity index (χ1n) is 10.4. The van der Waals surface area contributed by atoms with Gasteiger partial charge in [0.1, 0.15) is 18.0 Å². The van der Waals surface area contributed by atoms with Crippen molar-refractivity contribution in [3.05, 3.63) is 54.9 Å². The van der Waals surface area contributed by atoms with E-state index in [1.54, 1.807) is 24.3 Å². The SMILES string of the molecule is CNS(=O)(=O)c1ccc(SC)c(Nc2cc(Nc3ccc(N4CCOCC4)cc3)ncn2)c1.